The molecule has 0 radical (unpaired) electrons. The van der Waals surface area contributed by atoms with E-state index in [1.807, 2.05) is 13.8 Å². The molecule has 0 saturated carbocycles. The number of ether oxygens (including phenoxy) is 2. The van der Waals surface area contributed by atoms with Gasteiger partial charge in [0.2, 0.25) is 0 Å². The quantitative estimate of drug-likeness (QED) is 0.431. The summed E-state index contributed by atoms with van der Waals surface area (Å²) in [5.74, 6) is 2.11. The van der Waals surface area contributed by atoms with Crippen LogP contribution < -0.4 is 10.1 Å². The molecule has 0 aliphatic heterocycles. The van der Waals surface area contributed by atoms with E-state index in [-0.39, 0.29) is 19.1 Å². The number of hydrogen-bond acceptors (Lipinski definition) is 5. The molecule has 0 amide bonds. The lowest BCUT2D eigenvalue weighted by Crippen LogP contribution is -2.41. The summed E-state index contributed by atoms with van der Waals surface area (Å²) >= 11 is 0. The van der Waals surface area contributed by atoms with E-state index in [4.69, 9.17) is 15.9 Å². The largest absolute Gasteiger partial charge is 0.481 e. The van der Waals surface area contributed by atoms with Gasteiger partial charge < -0.3 is 19.6 Å². The summed E-state index contributed by atoms with van der Waals surface area (Å²) in [6, 6.07) is 6.28. The molecule has 0 saturated heterocycles. The average Bonchev–Trinajstić information content (AvgIpc) is 2.53. The molecular weight excluding hydrogens is 294 g/mol. The molecule has 0 unspecified atom stereocenters. The van der Waals surface area contributed by atoms with Crippen molar-refractivity contribution < 1.29 is 19.1 Å². The van der Waals surface area contributed by atoms with Crippen LogP contribution in [0.15, 0.2) is 24.3 Å². The molecule has 1 aromatic carbocycles. The van der Waals surface area contributed by atoms with Crippen LogP contribution in [-0.2, 0) is 14.3 Å². The van der Waals surface area contributed by atoms with Crippen LogP contribution in [0.2, 0.25) is 0 Å². The second-order valence-corrected chi connectivity index (χ2v) is 5.35. The number of nitrogens with one attached hydrogen (secondary N) is 1. The van der Waals surface area contributed by atoms with Crippen LogP contribution in [-0.4, -0.2) is 31.5 Å². The minimum atomic E-state index is -0.732. The molecule has 0 fully saturated rings. The molecule has 0 aliphatic carbocycles. The van der Waals surface area contributed by atoms with Crippen molar-refractivity contribution in [2.45, 2.75) is 26.8 Å². The topological polar surface area (TPSA) is 64.6 Å². The van der Waals surface area contributed by atoms with Gasteiger partial charge >= 0.3 is 5.97 Å². The molecule has 1 N–H and O–H groups in total. The fourth-order valence-electron chi connectivity index (χ4n) is 2.12. The number of aldehydes is 1. The maximum absolute atomic E-state index is 12.2. The molecule has 0 heterocycles. The van der Waals surface area contributed by atoms with E-state index in [2.05, 4.69) is 11.2 Å². The summed E-state index contributed by atoms with van der Waals surface area (Å²) in [6.45, 7) is 5.98. The van der Waals surface area contributed by atoms with Crippen LogP contribution in [0.1, 0.15) is 20.8 Å². The van der Waals surface area contributed by atoms with E-state index >= 15 is 0 Å². The first-order valence-corrected chi connectivity index (χ1v) is 7.58. The molecule has 5 heteroatoms. The van der Waals surface area contributed by atoms with Crippen molar-refractivity contribution in [3.63, 3.8) is 0 Å². The fraction of sp³-hybridized carbons (Fsp3) is 0.444. The van der Waals surface area contributed by atoms with E-state index in [1.54, 1.807) is 31.2 Å². The third kappa shape index (κ3) is 5.67. The Kier molecular flexibility index (Phi) is 7.69. The number of esters is 1. The Bertz CT molecular complexity index is 545. The van der Waals surface area contributed by atoms with E-state index in [0.29, 0.717) is 11.4 Å². The molecule has 1 aromatic rings. The summed E-state index contributed by atoms with van der Waals surface area (Å²) in [6.07, 6.45) is 5.93. The third-order valence-corrected chi connectivity index (χ3v) is 3.35. The fourth-order valence-corrected chi connectivity index (χ4v) is 2.12. The van der Waals surface area contributed by atoms with Crippen LogP contribution in [0.25, 0.3) is 0 Å². The molecule has 0 aromatic heterocycles. The van der Waals surface area contributed by atoms with Crippen LogP contribution in [0.3, 0.4) is 0 Å². The lowest BCUT2D eigenvalue weighted by Gasteiger charge is -2.26. The van der Waals surface area contributed by atoms with Crippen molar-refractivity contribution in [2.75, 3.05) is 18.5 Å². The summed E-state index contributed by atoms with van der Waals surface area (Å²) in [4.78, 5) is 23.5. The zero-order chi connectivity index (χ0) is 17.2. The highest BCUT2D eigenvalue weighted by Gasteiger charge is 2.31. The van der Waals surface area contributed by atoms with Crippen molar-refractivity contribution in [2.24, 2.45) is 11.8 Å². The number of hydrogen-bond donors (Lipinski definition) is 1. The first-order chi connectivity index (χ1) is 11.0. The molecule has 23 heavy (non-hydrogen) atoms. The summed E-state index contributed by atoms with van der Waals surface area (Å²) in [7, 11) is 0. The second kappa shape index (κ2) is 9.52. The molecule has 2 atom stereocenters. The highest BCUT2D eigenvalue weighted by Crippen LogP contribution is 2.21. The van der Waals surface area contributed by atoms with Crippen molar-refractivity contribution >= 4 is 17.9 Å². The van der Waals surface area contributed by atoms with Gasteiger partial charge in [0.25, 0.3) is 0 Å². The Balaban J connectivity index is 2.89. The van der Waals surface area contributed by atoms with Crippen molar-refractivity contribution in [3.8, 4) is 18.1 Å². The lowest BCUT2D eigenvalue weighted by atomic mass is 9.89. The Labute approximate surface area is 137 Å². The molecule has 0 spiro atoms. The van der Waals surface area contributed by atoms with Gasteiger partial charge in [-0.3, -0.25) is 0 Å². The minimum Gasteiger partial charge on any atom is -0.481 e. The second-order valence-electron chi connectivity index (χ2n) is 5.35. The molecule has 1 rings (SSSR count). The zero-order valence-electron chi connectivity index (χ0n) is 13.7. The van der Waals surface area contributed by atoms with Crippen molar-refractivity contribution in [3.05, 3.63) is 24.3 Å². The van der Waals surface area contributed by atoms with Gasteiger partial charge in [0.15, 0.2) is 0 Å². The minimum absolute atomic E-state index is 0.00708. The zero-order valence-corrected chi connectivity index (χ0v) is 13.7. The number of benzene rings is 1. The Morgan fingerprint density at radius 2 is 2.00 bits per heavy atom. The summed E-state index contributed by atoms with van der Waals surface area (Å²) in [5, 5.41) is 3.08. The van der Waals surface area contributed by atoms with Gasteiger partial charge in [-0.25, -0.2) is 4.79 Å². The van der Waals surface area contributed by atoms with Gasteiger partial charge in [-0.1, -0.05) is 19.8 Å². The SMILES string of the molecule is C#CCOc1ccc(N[C@H](C(=O)OCC)[C@@H](C=O)C(C)C)cc1. The summed E-state index contributed by atoms with van der Waals surface area (Å²) in [5.41, 5.74) is 0.698. The lowest BCUT2D eigenvalue weighted by molar-refractivity contribution is -0.146. The maximum Gasteiger partial charge on any atom is 0.329 e. The summed E-state index contributed by atoms with van der Waals surface area (Å²) < 4.78 is 10.4. The van der Waals surface area contributed by atoms with E-state index < -0.39 is 17.9 Å². The van der Waals surface area contributed by atoms with Crippen LogP contribution >= 0.6 is 0 Å². The average molecular weight is 317 g/mol. The number of terminal acetylenes is 1. The number of carbonyl (C=O) groups excluding carboxylic acids is 2. The van der Waals surface area contributed by atoms with Crippen molar-refractivity contribution in [1.29, 1.82) is 0 Å². The van der Waals surface area contributed by atoms with Gasteiger partial charge in [0, 0.05) is 11.6 Å². The normalized spacial score (nSPS) is 12.8. The van der Waals surface area contributed by atoms with Crippen LogP contribution in [0, 0.1) is 24.2 Å². The van der Waals surface area contributed by atoms with E-state index in [1.165, 1.54) is 0 Å². The Hall–Kier alpha value is -2.48. The molecule has 124 valence electrons. The smallest absolute Gasteiger partial charge is 0.329 e. The van der Waals surface area contributed by atoms with Gasteiger partial charge in [0.1, 0.15) is 24.7 Å². The Morgan fingerprint density at radius 3 is 2.48 bits per heavy atom. The molecule has 0 bridgehead atoms. The highest BCUT2D eigenvalue weighted by atomic mass is 16.5. The number of anilines is 1. The predicted octanol–water partition coefficient (Wildman–Crippen LogP) is 2.51. The van der Waals surface area contributed by atoms with E-state index in [9.17, 15) is 9.59 Å². The van der Waals surface area contributed by atoms with Gasteiger partial charge in [-0.05, 0) is 37.1 Å². The molecule has 0 aliphatic rings. The predicted molar refractivity (Wildman–Crippen MR) is 89.2 cm³/mol. The van der Waals surface area contributed by atoms with Gasteiger partial charge in [-0.15, -0.1) is 6.42 Å². The van der Waals surface area contributed by atoms with Gasteiger partial charge in [-0.2, -0.15) is 0 Å². The van der Waals surface area contributed by atoms with E-state index in [0.717, 1.165) is 6.29 Å². The first kappa shape index (κ1) is 18.6. The third-order valence-electron chi connectivity index (χ3n) is 3.35. The number of carbonyl (C=O) groups is 2. The molecular formula is C18H23NO4. The number of rotatable bonds is 9. The molecule has 5 nitrogen and oxygen atoms in total. The van der Waals surface area contributed by atoms with Crippen LogP contribution in [0.5, 0.6) is 5.75 Å². The first-order valence-electron chi connectivity index (χ1n) is 7.58. The van der Waals surface area contributed by atoms with Gasteiger partial charge in [0.05, 0.1) is 6.61 Å². The monoisotopic (exact) mass is 317 g/mol. The highest BCUT2D eigenvalue weighted by molar-refractivity contribution is 5.83. The maximum atomic E-state index is 12.2. The van der Waals surface area contributed by atoms with Crippen LogP contribution in [0.4, 0.5) is 5.69 Å². The van der Waals surface area contributed by atoms with Crippen molar-refractivity contribution in [1.82, 2.24) is 0 Å². The standard InChI is InChI=1S/C18H23NO4/c1-5-11-23-15-9-7-14(8-10-15)19-17(18(21)22-6-2)16(12-20)13(3)4/h1,7-10,12-13,16-17,19H,6,11H2,2-4H3/t16-,17-/m0/s1. The Morgan fingerprint density at radius 1 is 1.35 bits per heavy atom.